The number of ether oxygens (including phenoxy) is 2. The fourth-order valence-electron chi connectivity index (χ4n) is 2.03. The van der Waals surface area contributed by atoms with Gasteiger partial charge in [-0.15, -0.1) is 0 Å². The predicted octanol–water partition coefficient (Wildman–Crippen LogP) is 3.74. The molecular weight excluding hydrogens is 282 g/mol. The topological polar surface area (TPSA) is 76.2 Å². The number of benzene rings is 1. The van der Waals surface area contributed by atoms with Crippen molar-refractivity contribution in [3.8, 4) is 16.9 Å². The maximum Gasteiger partial charge on any atom is 0.413 e. The van der Waals surface area contributed by atoms with Crippen molar-refractivity contribution in [2.45, 2.75) is 33.3 Å². The quantitative estimate of drug-likeness (QED) is 0.905. The van der Waals surface area contributed by atoms with Crippen molar-refractivity contribution < 1.29 is 14.3 Å². The fraction of sp³-hybridized carbons (Fsp3) is 0.375. The Labute approximate surface area is 129 Å². The molecule has 1 heterocycles. The highest BCUT2D eigenvalue weighted by Crippen LogP contribution is 2.30. The molecule has 2 rings (SSSR count). The minimum Gasteiger partial charge on any atom is -0.497 e. The molecule has 2 N–H and O–H groups in total. The van der Waals surface area contributed by atoms with Crippen LogP contribution >= 0.6 is 0 Å². The van der Waals surface area contributed by atoms with Crippen LogP contribution in [0.15, 0.2) is 24.3 Å². The molecule has 1 aromatic heterocycles. The van der Waals surface area contributed by atoms with Gasteiger partial charge in [0, 0.05) is 11.3 Å². The molecule has 1 amide bonds. The Morgan fingerprint density at radius 3 is 2.41 bits per heavy atom. The van der Waals surface area contributed by atoms with E-state index in [1.54, 1.807) is 7.11 Å². The van der Waals surface area contributed by atoms with Crippen molar-refractivity contribution in [2.24, 2.45) is 0 Å². The van der Waals surface area contributed by atoms with Gasteiger partial charge < -0.3 is 9.47 Å². The highest BCUT2D eigenvalue weighted by molar-refractivity contribution is 5.90. The van der Waals surface area contributed by atoms with Crippen LogP contribution in [0.5, 0.6) is 5.75 Å². The van der Waals surface area contributed by atoms with Crippen LogP contribution in [0.4, 0.5) is 10.6 Å². The van der Waals surface area contributed by atoms with Crippen molar-refractivity contribution >= 4 is 11.9 Å². The Hall–Kier alpha value is -2.50. The highest BCUT2D eigenvalue weighted by atomic mass is 16.6. The van der Waals surface area contributed by atoms with E-state index in [-0.39, 0.29) is 0 Å². The second kappa shape index (κ2) is 6.09. The number of nitrogens with one attached hydrogen (secondary N) is 2. The smallest absolute Gasteiger partial charge is 0.413 e. The van der Waals surface area contributed by atoms with Crippen molar-refractivity contribution in [1.29, 1.82) is 0 Å². The van der Waals surface area contributed by atoms with Gasteiger partial charge in [-0.2, -0.15) is 5.10 Å². The number of anilines is 1. The molecule has 0 fully saturated rings. The second-order valence-corrected chi connectivity index (χ2v) is 5.93. The molecular formula is C16H21N3O3. The largest absolute Gasteiger partial charge is 0.497 e. The van der Waals surface area contributed by atoms with Crippen LogP contribution < -0.4 is 10.1 Å². The van der Waals surface area contributed by atoms with Gasteiger partial charge in [0.05, 0.1) is 7.11 Å². The van der Waals surface area contributed by atoms with Crippen molar-refractivity contribution in [3.63, 3.8) is 0 Å². The lowest BCUT2D eigenvalue weighted by Gasteiger charge is -2.19. The Morgan fingerprint density at radius 2 is 1.86 bits per heavy atom. The highest BCUT2D eigenvalue weighted by Gasteiger charge is 2.20. The molecule has 22 heavy (non-hydrogen) atoms. The maximum atomic E-state index is 11.9. The third kappa shape index (κ3) is 3.78. The lowest BCUT2D eigenvalue weighted by Crippen LogP contribution is -2.27. The maximum absolute atomic E-state index is 11.9. The number of nitrogens with zero attached hydrogens (tertiary/aromatic N) is 1. The normalized spacial score (nSPS) is 11.1. The minimum atomic E-state index is -0.560. The molecule has 0 aliphatic carbocycles. The summed E-state index contributed by atoms with van der Waals surface area (Å²) in [4.78, 5) is 11.9. The molecule has 6 heteroatoms. The Kier molecular flexibility index (Phi) is 4.40. The zero-order chi connectivity index (χ0) is 16.3. The Balaban J connectivity index is 2.25. The summed E-state index contributed by atoms with van der Waals surface area (Å²) in [5.74, 6) is 1.21. The number of hydrogen-bond acceptors (Lipinski definition) is 4. The molecule has 6 nitrogen and oxygen atoms in total. The van der Waals surface area contributed by atoms with Gasteiger partial charge in [-0.3, -0.25) is 10.4 Å². The molecule has 1 aromatic carbocycles. The van der Waals surface area contributed by atoms with E-state index >= 15 is 0 Å². The average molecular weight is 303 g/mol. The number of rotatable bonds is 3. The minimum absolute atomic E-state index is 0.442. The number of carbonyl (C=O) groups excluding carboxylic acids is 1. The SMILES string of the molecule is COc1ccc(-c2c(NC(=O)OC(C)(C)C)n[nH]c2C)cc1. The van der Waals surface area contributed by atoms with Crippen molar-refractivity contribution in [1.82, 2.24) is 10.2 Å². The Bertz CT molecular complexity index is 654. The van der Waals surface area contributed by atoms with Gasteiger partial charge in [0.25, 0.3) is 0 Å². The first-order valence-electron chi connectivity index (χ1n) is 6.99. The molecule has 0 bridgehead atoms. The summed E-state index contributed by atoms with van der Waals surface area (Å²) in [5.41, 5.74) is 2.05. The van der Waals surface area contributed by atoms with Crippen molar-refractivity contribution in [3.05, 3.63) is 30.0 Å². The average Bonchev–Trinajstić information content (AvgIpc) is 2.77. The number of aryl methyl sites for hydroxylation is 1. The van der Waals surface area contributed by atoms with E-state index in [2.05, 4.69) is 15.5 Å². The number of methoxy groups -OCH3 is 1. The van der Waals surface area contributed by atoms with Crippen LogP contribution in [0.2, 0.25) is 0 Å². The van der Waals surface area contributed by atoms with Gasteiger partial charge >= 0.3 is 6.09 Å². The molecule has 0 saturated carbocycles. The van der Waals surface area contributed by atoms with Gasteiger partial charge in [-0.25, -0.2) is 4.79 Å². The van der Waals surface area contributed by atoms with Crippen molar-refractivity contribution in [2.75, 3.05) is 12.4 Å². The van der Waals surface area contributed by atoms with Gasteiger partial charge in [-0.05, 0) is 45.4 Å². The Morgan fingerprint density at radius 1 is 1.23 bits per heavy atom. The van der Waals surface area contributed by atoms with E-state index in [1.807, 2.05) is 52.0 Å². The van der Waals surface area contributed by atoms with E-state index in [0.717, 1.165) is 22.6 Å². The van der Waals surface area contributed by atoms with Crippen LogP contribution in [0.1, 0.15) is 26.5 Å². The number of H-pyrrole nitrogens is 1. The zero-order valence-electron chi connectivity index (χ0n) is 13.5. The first kappa shape index (κ1) is 15.9. The lowest BCUT2D eigenvalue weighted by atomic mass is 10.1. The third-order valence-corrected chi connectivity index (χ3v) is 2.95. The van der Waals surface area contributed by atoms with Crippen LogP contribution in [0.3, 0.4) is 0 Å². The van der Waals surface area contributed by atoms with Crippen LogP contribution in [-0.2, 0) is 4.74 Å². The molecule has 0 aliphatic heterocycles. The molecule has 118 valence electrons. The molecule has 0 spiro atoms. The molecule has 0 aliphatic rings. The predicted molar refractivity (Wildman–Crippen MR) is 85.2 cm³/mol. The lowest BCUT2D eigenvalue weighted by molar-refractivity contribution is 0.0635. The van der Waals surface area contributed by atoms with E-state index in [9.17, 15) is 4.79 Å². The number of carbonyl (C=O) groups is 1. The summed E-state index contributed by atoms with van der Waals surface area (Å²) in [6.45, 7) is 7.33. The monoisotopic (exact) mass is 303 g/mol. The third-order valence-electron chi connectivity index (χ3n) is 2.95. The van der Waals surface area contributed by atoms with Gasteiger partial charge in [-0.1, -0.05) is 12.1 Å². The number of hydrogen-bond donors (Lipinski definition) is 2. The second-order valence-electron chi connectivity index (χ2n) is 5.93. The first-order valence-corrected chi connectivity index (χ1v) is 6.99. The summed E-state index contributed by atoms with van der Waals surface area (Å²) in [7, 11) is 1.62. The first-order chi connectivity index (χ1) is 10.3. The van der Waals surface area contributed by atoms with Gasteiger partial charge in [0.2, 0.25) is 0 Å². The number of aromatic nitrogens is 2. The van der Waals surface area contributed by atoms with Crippen LogP contribution in [0, 0.1) is 6.92 Å². The van der Waals surface area contributed by atoms with E-state index in [1.165, 1.54) is 0 Å². The van der Waals surface area contributed by atoms with Gasteiger partial charge in [0.1, 0.15) is 11.4 Å². The van der Waals surface area contributed by atoms with E-state index in [0.29, 0.717) is 5.82 Å². The summed E-state index contributed by atoms with van der Waals surface area (Å²) in [6.07, 6.45) is -0.534. The summed E-state index contributed by atoms with van der Waals surface area (Å²) in [6, 6.07) is 7.55. The summed E-state index contributed by atoms with van der Waals surface area (Å²) < 4.78 is 10.4. The summed E-state index contributed by atoms with van der Waals surface area (Å²) in [5, 5.41) is 9.70. The van der Waals surface area contributed by atoms with Crippen LogP contribution in [-0.4, -0.2) is 29.0 Å². The zero-order valence-corrected chi connectivity index (χ0v) is 13.5. The number of aromatic amines is 1. The molecule has 0 atom stereocenters. The number of amides is 1. The molecule has 0 unspecified atom stereocenters. The van der Waals surface area contributed by atoms with E-state index < -0.39 is 11.7 Å². The molecule has 0 radical (unpaired) electrons. The summed E-state index contributed by atoms with van der Waals surface area (Å²) >= 11 is 0. The van der Waals surface area contributed by atoms with Gasteiger partial charge in [0.15, 0.2) is 5.82 Å². The molecule has 0 saturated heterocycles. The standard InChI is InChI=1S/C16H21N3O3/c1-10-13(11-6-8-12(21-5)9-7-11)14(19-18-10)17-15(20)22-16(2,3)4/h6-9H,1-5H3,(H2,17,18,19,20). The van der Waals surface area contributed by atoms with E-state index in [4.69, 9.17) is 9.47 Å². The van der Waals surface area contributed by atoms with Crippen LogP contribution in [0.25, 0.3) is 11.1 Å². The fourth-order valence-corrected chi connectivity index (χ4v) is 2.03. The molecule has 2 aromatic rings.